The van der Waals surface area contributed by atoms with Gasteiger partial charge in [-0.25, -0.2) is 0 Å². The first-order chi connectivity index (χ1) is 12.5. The van der Waals surface area contributed by atoms with Gasteiger partial charge in [-0.2, -0.15) is 5.01 Å². The van der Waals surface area contributed by atoms with E-state index in [2.05, 4.69) is 5.43 Å². The zero-order chi connectivity index (χ0) is 18.7. The molecule has 3 rings (SSSR count). The second-order valence-corrected chi connectivity index (χ2v) is 6.93. The van der Waals surface area contributed by atoms with Crippen molar-refractivity contribution in [1.82, 2.24) is 10.4 Å². The first-order valence-electron chi connectivity index (χ1n) is 7.50. The highest BCUT2D eigenvalue weighted by Gasteiger charge is 2.34. The summed E-state index contributed by atoms with van der Waals surface area (Å²) in [6.45, 7) is 0. The number of para-hydroxylation sites is 1. The summed E-state index contributed by atoms with van der Waals surface area (Å²) >= 11 is 6.27. The summed E-state index contributed by atoms with van der Waals surface area (Å²) in [5, 5.41) is 10.6. The summed E-state index contributed by atoms with van der Waals surface area (Å²) < 4.78 is 5.37. The Morgan fingerprint density at radius 1 is 1.27 bits per heavy atom. The zero-order valence-electron chi connectivity index (χ0n) is 13.6. The van der Waals surface area contributed by atoms with Crippen LogP contribution >= 0.6 is 24.0 Å². The molecule has 0 bridgehead atoms. The Morgan fingerprint density at radius 3 is 2.77 bits per heavy atom. The molecule has 1 aliphatic rings. The first kappa shape index (κ1) is 18.0. The molecule has 1 saturated heterocycles. The number of rotatable bonds is 4. The molecule has 1 fully saturated rings. The van der Waals surface area contributed by atoms with Crippen LogP contribution in [0.5, 0.6) is 11.5 Å². The number of ether oxygens (including phenoxy) is 1. The van der Waals surface area contributed by atoms with E-state index in [1.807, 2.05) is 0 Å². The van der Waals surface area contributed by atoms with Gasteiger partial charge in [0.25, 0.3) is 11.8 Å². The molecule has 26 heavy (non-hydrogen) atoms. The van der Waals surface area contributed by atoms with E-state index in [0.717, 1.165) is 16.8 Å². The maximum absolute atomic E-state index is 12.6. The topological polar surface area (TPSA) is 78.9 Å². The van der Waals surface area contributed by atoms with Gasteiger partial charge >= 0.3 is 0 Å². The van der Waals surface area contributed by atoms with E-state index in [9.17, 15) is 14.7 Å². The van der Waals surface area contributed by atoms with E-state index >= 15 is 0 Å². The molecule has 1 heterocycles. The van der Waals surface area contributed by atoms with Crippen LogP contribution in [0.4, 0.5) is 0 Å². The monoisotopic (exact) mass is 386 g/mol. The fraction of sp³-hybridized carbons (Fsp3) is 0.0556. The number of carbonyl (C=O) groups is 2. The van der Waals surface area contributed by atoms with Crippen LogP contribution in [-0.2, 0) is 4.79 Å². The number of phenolic OH excluding ortho intramolecular Hbond substituents is 1. The summed E-state index contributed by atoms with van der Waals surface area (Å²) in [7, 11) is 1.46. The SMILES string of the molecule is COc1ccccc1C(=O)NN1C(=O)/C(=C\c2cccc(O)c2)SC1=S. The lowest BCUT2D eigenvalue weighted by Crippen LogP contribution is -2.44. The number of amides is 2. The second-order valence-electron chi connectivity index (χ2n) is 5.25. The van der Waals surface area contributed by atoms with Crippen LogP contribution in [0.15, 0.2) is 53.4 Å². The van der Waals surface area contributed by atoms with Crippen molar-refractivity contribution in [3.63, 3.8) is 0 Å². The van der Waals surface area contributed by atoms with Gasteiger partial charge in [0, 0.05) is 0 Å². The van der Waals surface area contributed by atoms with Crippen LogP contribution in [0, 0.1) is 0 Å². The molecule has 0 aliphatic carbocycles. The molecule has 0 unspecified atom stereocenters. The molecular weight excluding hydrogens is 372 g/mol. The summed E-state index contributed by atoms with van der Waals surface area (Å²) in [5.41, 5.74) is 3.46. The number of nitrogens with one attached hydrogen (secondary N) is 1. The number of hydrazine groups is 1. The highest BCUT2D eigenvalue weighted by Crippen LogP contribution is 2.32. The standard InChI is InChI=1S/C18H14N2O4S2/c1-24-14-8-3-2-7-13(14)16(22)19-20-17(23)15(26-18(20)25)10-11-5-4-6-12(21)9-11/h2-10,21H,1H3,(H,19,22)/b15-10+. The minimum Gasteiger partial charge on any atom is -0.508 e. The molecule has 0 aromatic heterocycles. The molecule has 2 aromatic rings. The number of benzene rings is 2. The van der Waals surface area contributed by atoms with E-state index in [1.54, 1.807) is 42.5 Å². The summed E-state index contributed by atoms with van der Waals surface area (Å²) in [4.78, 5) is 25.4. The molecule has 8 heteroatoms. The van der Waals surface area contributed by atoms with E-state index < -0.39 is 11.8 Å². The maximum atomic E-state index is 12.6. The smallest absolute Gasteiger partial charge is 0.285 e. The van der Waals surface area contributed by atoms with Gasteiger partial charge in [0.15, 0.2) is 4.32 Å². The van der Waals surface area contributed by atoms with Crippen LogP contribution in [0.1, 0.15) is 15.9 Å². The number of aromatic hydroxyl groups is 1. The molecule has 0 spiro atoms. The van der Waals surface area contributed by atoms with E-state index in [0.29, 0.717) is 21.8 Å². The van der Waals surface area contributed by atoms with Crippen LogP contribution < -0.4 is 10.2 Å². The highest BCUT2D eigenvalue weighted by atomic mass is 32.2. The van der Waals surface area contributed by atoms with Gasteiger partial charge in [0.2, 0.25) is 0 Å². The minimum absolute atomic E-state index is 0.0960. The van der Waals surface area contributed by atoms with Crippen molar-refractivity contribution in [3.05, 3.63) is 64.6 Å². The highest BCUT2D eigenvalue weighted by molar-refractivity contribution is 8.26. The van der Waals surface area contributed by atoms with Crippen LogP contribution in [-0.4, -0.2) is 33.4 Å². The molecule has 2 aromatic carbocycles. The van der Waals surface area contributed by atoms with Gasteiger partial charge in [0.05, 0.1) is 17.6 Å². The fourth-order valence-corrected chi connectivity index (χ4v) is 3.50. The average Bonchev–Trinajstić information content (AvgIpc) is 2.89. The minimum atomic E-state index is -0.502. The van der Waals surface area contributed by atoms with Crippen molar-refractivity contribution >= 4 is 46.2 Å². The maximum Gasteiger partial charge on any atom is 0.285 e. The van der Waals surface area contributed by atoms with Crippen LogP contribution in [0.25, 0.3) is 6.08 Å². The molecule has 2 amide bonds. The number of phenols is 1. The van der Waals surface area contributed by atoms with Crippen LogP contribution in [0.2, 0.25) is 0 Å². The van der Waals surface area contributed by atoms with Crippen molar-refractivity contribution in [1.29, 1.82) is 0 Å². The Bertz CT molecular complexity index is 927. The quantitative estimate of drug-likeness (QED) is 0.621. The van der Waals surface area contributed by atoms with Gasteiger partial charge in [-0.3, -0.25) is 15.0 Å². The van der Waals surface area contributed by atoms with Crippen molar-refractivity contribution in [3.8, 4) is 11.5 Å². The normalized spacial score (nSPS) is 15.4. The third-order valence-electron chi connectivity index (χ3n) is 3.53. The number of hydrogen-bond acceptors (Lipinski definition) is 6. The number of carbonyl (C=O) groups excluding carboxylic acids is 2. The molecule has 0 saturated carbocycles. The summed E-state index contributed by atoms with van der Waals surface area (Å²) in [6, 6.07) is 13.2. The number of methoxy groups -OCH3 is 1. The van der Waals surface area contributed by atoms with E-state index in [-0.39, 0.29) is 10.1 Å². The van der Waals surface area contributed by atoms with E-state index in [1.165, 1.54) is 19.2 Å². The molecule has 6 nitrogen and oxygen atoms in total. The van der Waals surface area contributed by atoms with Crippen molar-refractivity contribution in [2.45, 2.75) is 0 Å². The Hall–Kier alpha value is -2.84. The number of thioether (sulfide) groups is 1. The predicted molar refractivity (Wildman–Crippen MR) is 104 cm³/mol. The Morgan fingerprint density at radius 2 is 2.04 bits per heavy atom. The number of nitrogens with zero attached hydrogens (tertiary/aromatic N) is 1. The summed E-state index contributed by atoms with van der Waals surface area (Å²) in [5.74, 6) is -0.451. The van der Waals surface area contributed by atoms with Gasteiger partial charge in [-0.1, -0.05) is 36.0 Å². The predicted octanol–water partition coefficient (Wildman–Crippen LogP) is 2.95. The fourth-order valence-electron chi connectivity index (χ4n) is 2.32. The molecule has 1 aliphatic heterocycles. The van der Waals surface area contributed by atoms with Gasteiger partial charge in [-0.05, 0) is 48.1 Å². The molecular formula is C18H14N2O4S2. The first-order valence-corrected chi connectivity index (χ1v) is 8.73. The number of thiocarbonyl (C=S) groups is 1. The Labute approximate surface area is 159 Å². The lowest BCUT2D eigenvalue weighted by molar-refractivity contribution is -0.123. The molecule has 0 radical (unpaired) electrons. The summed E-state index contributed by atoms with van der Waals surface area (Å²) in [6.07, 6.45) is 1.61. The Kier molecular flexibility index (Phi) is 5.24. The third kappa shape index (κ3) is 3.71. The van der Waals surface area contributed by atoms with Gasteiger partial charge in [0.1, 0.15) is 11.5 Å². The van der Waals surface area contributed by atoms with Crippen molar-refractivity contribution in [2.24, 2.45) is 0 Å². The Balaban J connectivity index is 1.80. The zero-order valence-corrected chi connectivity index (χ0v) is 15.3. The third-order valence-corrected chi connectivity index (χ3v) is 4.83. The van der Waals surface area contributed by atoms with Crippen molar-refractivity contribution < 1.29 is 19.4 Å². The lowest BCUT2D eigenvalue weighted by Gasteiger charge is -2.16. The molecule has 2 N–H and O–H groups in total. The molecule has 132 valence electrons. The largest absolute Gasteiger partial charge is 0.508 e. The van der Waals surface area contributed by atoms with Crippen molar-refractivity contribution in [2.75, 3.05) is 7.11 Å². The lowest BCUT2D eigenvalue weighted by atomic mass is 10.2. The van der Waals surface area contributed by atoms with E-state index in [4.69, 9.17) is 17.0 Å². The average molecular weight is 386 g/mol. The number of hydrogen-bond donors (Lipinski definition) is 2. The molecule has 0 atom stereocenters. The van der Waals surface area contributed by atoms with Gasteiger partial charge in [-0.15, -0.1) is 0 Å². The van der Waals surface area contributed by atoms with Gasteiger partial charge < -0.3 is 9.84 Å². The van der Waals surface area contributed by atoms with Crippen LogP contribution in [0.3, 0.4) is 0 Å². The second kappa shape index (κ2) is 7.59.